The molecule has 0 fully saturated rings. The molecule has 0 aliphatic heterocycles. The quantitative estimate of drug-likeness (QED) is 0.796. The van der Waals surface area contributed by atoms with E-state index in [9.17, 15) is 9.59 Å². The zero-order valence-electron chi connectivity index (χ0n) is 12.7. The fraction of sp³-hybridized carbons (Fsp3) is 0.222. The van der Waals surface area contributed by atoms with E-state index in [1.807, 2.05) is 37.3 Å². The number of carbonyl (C=O) groups is 2. The third-order valence-electron chi connectivity index (χ3n) is 3.29. The number of methoxy groups -OCH3 is 1. The molecule has 0 unspecified atom stereocenters. The van der Waals surface area contributed by atoms with Crippen molar-refractivity contribution in [1.82, 2.24) is 0 Å². The van der Waals surface area contributed by atoms with Crippen LogP contribution in [0.3, 0.4) is 0 Å². The van der Waals surface area contributed by atoms with E-state index in [1.165, 1.54) is 7.11 Å². The number of benzene rings is 2. The van der Waals surface area contributed by atoms with Crippen molar-refractivity contribution in [3.05, 3.63) is 70.8 Å². The van der Waals surface area contributed by atoms with E-state index in [0.29, 0.717) is 5.56 Å². The lowest BCUT2D eigenvalue weighted by Crippen LogP contribution is -2.09. The standard InChI is InChI=1S/C18H18O4/c1-13-10-15(8-9-16(13)18(20)21-2)11-17(19)22-12-14-6-4-3-5-7-14/h3-10H,11-12H2,1-2H3. The Hall–Kier alpha value is -2.62. The highest BCUT2D eigenvalue weighted by Crippen LogP contribution is 2.13. The summed E-state index contributed by atoms with van der Waals surface area (Å²) in [5.74, 6) is -0.676. The Morgan fingerprint density at radius 2 is 1.73 bits per heavy atom. The predicted octanol–water partition coefficient (Wildman–Crippen LogP) is 3.07. The number of esters is 2. The van der Waals surface area contributed by atoms with Crippen molar-refractivity contribution in [1.29, 1.82) is 0 Å². The molecule has 2 aromatic carbocycles. The maximum atomic E-state index is 11.9. The van der Waals surface area contributed by atoms with Crippen LogP contribution < -0.4 is 0 Å². The van der Waals surface area contributed by atoms with Gasteiger partial charge in [0.15, 0.2) is 0 Å². The van der Waals surface area contributed by atoms with Gasteiger partial charge in [-0.3, -0.25) is 4.79 Å². The molecule has 2 aromatic rings. The molecule has 2 rings (SSSR count). The Labute approximate surface area is 129 Å². The van der Waals surface area contributed by atoms with Gasteiger partial charge in [0.05, 0.1) is 19.1 Å². The number of aryl methyl sites for hydroxylation is 1. The minimum atomic E-state index is -0.379. The summed E-state index contributed by atoms with van der Waals surface area (Å²) in [6.07, 6.45) is 0.176. The topological polar surface area (TPSA) is 52.6 Å². The first-order valence-electron chi connectivity index (χ1n) is 6.97. The summed E-state index contributed by atoms with van der Waals surface area (Å²) in [5.41, 5.74) is 3.04. The van der Waals surface area contributed by atoms with Gasteiger partial charge in [-0.1, -0.05) is 42.5 Å². The minimum Gasteiger partial charge on any atom is -0.465 e. The van der Waals surface area contributed by atoms with E-state index in [4.69, 9.17) is 9.47 Å². The Morgan fingerprint density at radius 1 is 1.00 bits per heavy atom. The number of rotatable bonds is 5. The average molecular weight is 298 g/mol. The van der Waals surface area contributed by atoms with E-state index in [-0.39, 0.29) is 25.0 Å². The number of hydrogen-bond acceptors (Lipinski definition) is 4. The van der Waals surface area contributed by atoms with Crippen molar-refractivity contribution < 1.29 is 19.1 Å². The summed E-state index contributed by atoms with van der Waals surface area (Å²) in [4.78, 5) is 23.4. The maximum Gasteiger partial charge on any atom is 0.338 e. The number of carbonyl (C=O) groups excluding carboxylic acids is 2. The van der Waals surface area contributed by atoms with Crippen LogP contribution in [0, 0.1) is 6.92 Å². The predicted molar refractivity (Wildman–Crippen MR) is 82.5 cm³/mol. The van der Waals surface area contributed by atoms with Crippen LogP contribution in [0.4, 0.5) is 0 Å². The summed E-state index contributed by atoms with van der Waals surface area (Å²) in [7, 11) is 1.34. The monoisotopic (exact) mass is 298 g/mol. The fourth-order valence-electron chi connectivity index (χ4n) is 2.13. The molecule has 114 valence electrons. The third kappa shape index (κ3) is 4.19. The second-order valence-corrected chi connectivity index (χ2v) is 4.96. The Kier molecular flexibility index (Phi) is 5.31. The SMILES string of the molecule is COC(=O)c1ccc(CC(=O)OCc2ccccc2)cc1C. The molecular formula is C18H18O4. The second-order valence-electron chi connectivity index (χ2n) is 4.96. The van der Waals surface area contributed by atoms with Crippen molar-refractivity contribution in [3.63, 3.8) is 0 Å². The van der Waals surface area contributed by atoms with Crippen LogP contribution in [-0.4, -0.2) is 19.0 Å². The van der Waals surface area contributed by atoms with E-state index in [2.05, 4.69) is 0 Å². The Morgan fingerprint density at radius 3 is 2.36 bits per heavy atom. The van der Waals surface area contributed by atoms with Crippen LogP contribution >= 0.6 is 0 Å². The van der Waals surface area contributed by atoms with Gasteiger partial charge in [0.1, 0.15) is 6.61 Å². The highest BCUT2D eigenvalue weighted by molar-refractivity contribution is 5.91. The summed E-state index contributed by atoms with van der Waals surface area (Å²) < 4.78 is 9.94. The molecule has 4 heteroatoms. The molecule has 0 amide bonds. The van der Waals surface area contributed by atoms with E-state index in [1.54, 1.807) is 18.2 Å². The van der Waals surface area contributed by atoms with Crippen molar-refractivity contribution in [3.8, 4) is 0 Å². The molecule has 0 saturated heterocycles. The van der Waals surface area contributed by atoms with Gasteiger partial charge in [0, 0.05) is 0 Å². The largest absolute Gasteiger partial charge is 0.465 e. The van der Waals surface area contributed by atoms with Crippen LogP contribution in [-0.2, 0) is 27.3 Å². The third-order valence-corrected chi connectivity index (χ3v) is 3.29. The van der Waals surface area contributed by atoms with Gasteiger partial charge >= 0.3 is 11.9 Å². The maximum absolute atomic E-state index is 11.9. The first-order chi connectivity index (χ1) is 10.6. The van der Waals surface area contributed by atoms with Crippen molar-refractivity contribution in [2.75, 3.05) is 7.11 Å². The molecule has 0 N–H and O–H groups in total. The van der Waals surface area contributed by atoms with Gasteiger partial charge in [-0.2, -0.15) is 0 Å². The summed E-state index contributed by atoms with van der Waals surface area (Å²) >= 11 is 0. The smallest absolute Gasteiger partial charge is 0.338 e. The van der Waals surface area contributed by atoms with Crippen LogP contribution in [0.15, 0.2) is 48.5 Å². The zero-order valence-corrected chi connectivity index (χ0v) is 12.7. The summed E-state index contributed by atoms with van der Waals surface area (Å²) in [6, 6.07) is 14.7. The van der Waals surface area contributed by atoms with Crippen molar-refractivity contribution in [2.45, 2.75) is 20.0 Å². The normalized spacial score (nSPS) is 10.1. The lowest BCUT2D eigenvalue weighted by atomic mass is 10.0. The molecule has 22 heavy (non-hydrogen) atoms. The first kappa shape index (κ1) is 15.8. The van der Waals surface area contributed by atoms with Gasteiger partial charge in [-0.15, -0.1) is 0 Å². The molecule has 4 nitrogen and oxygen atoms in total. The Bertz CT molecular complexity index is 662. The number of ether oxygens (including phenoxy) is 2. The average Bonchev–Trinajstić information content (AvgIpc) is 2.53. The van der Waals surface area contributed by atoms with Gasteiger partial charge in [-0.05, 0) is 29.7 Å². The van der Waals surface area contributed by atoms with Gasteiger partial charge in [-0.25, -0.2) is 4.79 Å². The van der Waals surface area contributed by atoms with Crippen LogP contribution in [0.5, 0.6) is 0 Å². The molecule has 0 aromatic heterocycles. The van der Waals surface area contributed by atoms with Crippen LogP contribution in [0.1, 0.15) is 27.0 Å². The van der Waals surface area contributed by atoms with E-state index >= 15 is 0 Å². The van der Waals surface area contributed by atoms with Crippen molar-refractivity contribution in [2.24, 2.45) is 0 Å². The molecule has 0 bridgehead atoms. The highest BCUT2D eigenvalue weighted by atomic mass is 16.5. The van der Waals surface area contributed by atoms with E-state index in [0.717, 1.165) is 16.7 Å². The molecule has 0 spiro atoms. The lowest BCUT2D eigenvalue weighted by molar-refractivity contribution is -0.144. The molecule has 0 aliphatic carbocycles. The van der Waals surface area contributed by atoms with Gasteiger partial charge in [0.2, 0.25) is 0 Å². The molecule has 0 heterocycles. The summed E-state index contributed by atoms with van der Waals surface area (Å²) in [6.45, 7) is 2.07. The molecular weight excluding hydrogens is 280 g/mol. The van der Waals surface area contributed by atoms with E-state index < -0.39 is 0 Å². The molecule has 0 saturated carbocycles. The number of hydrogen-bond donors (Lipinski definition) is 0. The van der Waals surface area contributed by atoms with Gasteiger partial charge < -0.3 is 9.47 Å². The molecule has 0 aliphatic rings. The first-order valence-corrected chi connectivity index (χ1v) is 6.97. The fourth-order valence-corrected chi connectivity index (χ4v) is 2.13. The zero-order chi connectivity index (χ0) is 15.9. The summed E-state index contributed by atoms with van der Waals surface area (Å²) in [5, 5.41) is 0. The van der Waals surface area contributed by atoms with Gasteiger partial charge in [0.25, 0.3) is 0 Å². The Balaban J connectivity index is 1.94. The lowest BCUT2D eigenvalue weighted by Gasteiger charge is -2.08. The molecule has 0 radical (unpaired) electrons. The minimum absolute atomic E-state index is 0.176. The second kappa shape index (κ2) is 7.41. The molecule has 0 atom stereocenters. The van der Waals surface area contributed by atoms with Crippen molar-refractivity contribution >= 4 is 11.9 Å². The van der Waals surface area contributed by atoms with Crippen LogP contribution in [0.2, 0.25) is 0 Å². The van der Waals surface area contributed by atoms with Crippen LogP contribution in [0.25, 0.3) is 0 Å². The highest BCUT2D eigenvalue weighted by Gasteiger charge is 2.11.